The summed E-state index contributed by atoms with van der Waals surface area (Å²) in [5, 5.41) is 14.6. The number of methoxy groups -OCH3 is 2. The van der Waals surface area contributed by atoms with Crippen LogP contribution in [-0.2, 0) is 23.2 Å². The summed E-state index contributed by atoms with van der Waals surface area (Å²) in [4.78, 5) is 24.8. The van der Waals surface area contributed by atoms with Gasteiger partial charge in [0.15, 0.2) is 22.5 Å². The lowest BCUT2D eigenvalue weighted by Crippen LogP contribution is -2.22. The van der Waals surface area contributed by atoms with E-state index < -0.39 is 0 Å². The van der Waals surface area contributed by atoms with Crippen molar-refractivity contribution >= 4 is 51.3 Å². The van der Waals surface area contributed by atoms with E-state index in [2.05, 4.69) is 36.8 Å². The van der Waals surface area contributed by atoms with Crippen molar-refractivity contribution in [1.29, 1.82) is 0 Å². The molecule has 0 saturated carbocycles. The third-order valence-corrected chi connectivity index (χ3v) is 6.75. The average molecular weight is 575 g/mol. The van der Waals surface area contributed by atoms with Crippen LogP contribution in [0.1, 0.15) is 22.5 Å². The summed E-state index contributed by atoms with van der Waals surface area (Å²) in [6.07, 6.45) is 3.12. The SMILES string of the molecule is COc1ccc(C=CC(=O)NCc2nnc(SCC(=O)Nc3c(C)cc(Br)cc3C)n2C)cc1OC. The number of halogens is 1. The van der Waals surface area contributed by atoms with Crippen LogP contribution in [0, 0.1) is 13.8 Å². The van der Waals surface area contributed by atoms with E-state index in [1.54, 1.807) is 44.0 Å². The largest absolute Gasteiger partial charge is 0.493 e. The number of hydrogen-bond donors (Lipinski definition) is 2. The monoisotopic (exact) mass is 573 g/mol. The molecular weight excluding hydrogens is 546 g/mol. The fourth-order valence-corrected chi connectivity index (χ4v) is 4.81. The molecule has 0 saturated heterocycles. The first-order valence-electron chi connectivity index (χ1n) is 11.0. The number of benzene rings is 2. The third kappa shape index (κ3) is 7.11. The van der Waals surface area contributed by atoms with E-state index in [1.807, 2.05) is 32.0 Å². The number of thioether (sulfide) groups is 1. The number of aromatic nitrogens is 3. The first-order valence-corrected chi connectivity index (χ1v) is 12.7. The number of anilines is 1. The summed E-state index contributed by atoms with van der Waals surface area (Å²) in [5.41, 5.74) is 3.58. The van der Waals surface area contributed by atoms with Crippen LogP contribution < -0.4 is 20.1 Å². The van der Waals surface area contributed by atoms with Gasteiger partial charge in [0, 0.05) is 23.3 Å². The number of amides is 2. The molecule has 3 rings (SSSR count). The van der Waals surface area contributed by atoms with Crippen molar-refractivity contribution in [3.05, 3.63) is 63.4 Å². The molecule has 0 bridgehead atoms. The number of nitrogens with zero attached hydrogens (tertiary/aromatic N) is 3. The molecule has 0 radical (unpaired) electrons. The predicted molar refractivity (Wildman–Crippen MR) is 144 cm³/mol. The van der Waals surface area contributed by atoms with E-state index in [-0.39, 0.29) is 24.1 Å². The second kappa shape index (κ2) is 12.6. The molecule has 1 aromatic heterocycles. The summed E-state index contributed by atoms with van der Waals surface area (Å²) in [6, 6.07) is 9.30. The van der Waals surface area contributed by atoms with Crippen molar-refractivity contribution in [2.24, 2.45) is 7.05 Å². The highest BCUT2D eigenvalue weighted by atomic mass is 79.9. The molecule has 0 unspecified atom stereocenters. The van der Waals surface area contributed by atoms with E-state index in [4.69, 9.17) is 9.47 Å². The number of nitrogens with one attached hydrogen (secondary N) is 2. The molecule has 11 heteroatoms. The molecule has 1 heterocycles. The summed E-state index contributed by atoms with van der Waals surface area (Å²) in [7, 11) is 4.92. The lowest BCUT2D eigenvalue weighted by Gasteiger charge is -2.12. The Kier molecular flexibility index (Phi) is 9.54. The summed E-state index contributed by atoms with van der Waals surface area (Å²) >= 11 is 4.74. The van der Waals surface area contributed by atoms with Crippen LogP contribution >= 0.6 is 27.7 Å². The maximum Gasteiger partial charge on any atom is 0.244 e. The minimum absolute atomic E-state index is 0.133. The molecule has 2 amide bonds. The van der Waals surface area contributed by atoms with E-state index in [9.17, 15) is 9.59 Å². The summed E-state index contributed by atoms with van der Waals surface area (Å²) < 4.78 is 13.2. The first kappa shape index (κ1) is 27.3. The van der Waals surface area contributed by atoms with Gasteiger partial charge in [-0.3, -0.25) is 9.59 Å². The molecule has 0 aliphatic rings. The molecule has 0 fully saturated rings. The molecule has 190 valence electrons. The zero-order valence-corrected chi connectivity index (χ0v) is 23.1. The van der Waals surface area contributed by atoms with Crippen molar-refractivity contribution < 1.29 is 19.1 Å². The molecular formula is C25H28BrN5O4S. The normalized spacial score (nSPS) is 10.9. The van der Waals surface area contributed by atoms with Crippen LogP contribution in [-0.4, -0.2) is 46.6 Å². The molecule has 0 spiro atoms. The molecule has 2 aromatic carbocycles. The van der Waals surface area contributed by atoms with Gasteiger partial charge in [-0.25, -0.2) is 0 Å². The van der Waals surface area contributed by atoms with Gasteiger partial charge >= 0.3 is 0 Å². The molecule has 9 nitrogen and oxygen atoms in total. The van der Waals surface area contributed by atoms with Gasteiger partial charge in [0.05, 0.1) is 26.5 Å². The number of aryl methyl sites for hydroxylation is 2. The number of rotatable bonds is 10. The number of carbonyl (C=O) groups excluding carboxylic acids is 2. The van der Waals surface area contributed by atoms with Gasteiger partial charge in [0.1, 0.15) is 0 Å². The van der Waals surface area contributed by atoms with Crippen LogP contribution in [0.5, 0.6) is 11.5 Å². The maximum absolute atomic E-state index is 12.5. The van der Waals surface area contributed by atoms with Crippen LogP contribution in [0.3, 0.4) is 0 Å². The zero-order chi connectivity index (χ0) is 26.2. The third-order valence-electron chi connectivity index (χ3n) is 5.27. The Morgan fingerprint density at radius 2 is 1.78 bits per heavy atom. The van der Waals surface area contributed by atoms with Gasteiger partial charge in [0.2, 0.25) is 11.8 Å². The quantitative estimate of drug-likeness (QED) is 0.275. The van der Waals surface area contributed by atoms with E-state index >= 15 is 0 Å². The standard InChI is InChI=1S/C25H28BrN5O4S/c1-15-10-18(26)11-16(2)24(15)28-23(33)14-36-25-30-29-21(31(25)3)13-27-22(32)9-7-17-6-8-19(34-4)20(12-17)35-5/h6-12H,13-14H2,1-5H3,(H,27,32)(H,28,33). The zero-order valence-electron chi connectivity index (χ0n) is 20.7. The van der Waals surface area contributed by atoms with Gasteiger partial charge in [0.25, 0.3) is 0 Å². The average Bonchev–Trinajstić information content (AvgIpc) is 3.21. The minimum Gasteiger partial charge on any atom is -0.493 e. The fourth-order valence-electron chi connectivity index (χ4n) is 3.39. The number of ether oxygens (including phenoxy) is 2. The lowest BCUT2D eigenvalue weighted by molar-refractivity contribution is -0.116. The van der Waals surface area contributed by atoms with Crippen LogP contribution in [0.15, 0.2) is 46.0 Å². The second-order valence-electron chi connectivity index (χ2n) is 7.87. The van der Waals surface area contributed by atoms with Crippen LogP contribution in [0.25, 0.3) is 6.08 Å². The second-order valence-corrected chi connectivity index (χ2v) is 9.73. The van der Waals surface area contributed by atoms with Gasteiger partial charge in [-0.15, -0.1) is 10.2 Å². The molecule has 2 N–H and O–H groups in total. The number of carbonyl (C=O) groups is 2. The maximum atomic E-state index is 12.5. The topological polar surface area (TPSA) is 107 Å². The van der Waals surface area contributed by atoms with E-state index in [1.165, 1.54) is 17.8 Å². The molecule has 0 atom stereocenters. The van der Waals surface area contributed by atoms with Crippen LogP contribution in [0.4, 0.5) is 5.69 Å². The van der Waals surface area contributed by atoms with E-state index in [0.717, 1.165) is 26.9 Å². The van der Waals surface area contributed by atoms with Crippen molar-refractivity contribution in [2.75, 3.05) is 25.3 Å². The van der Waals surface area contributed by atoms with Gasteiger partial charge in [-0.05, 0) is 60.9 Å². The van der Waals surface area contributed by atoms with Gasteiger partial charge in [-0.1, -0.05) is 33.8 Å². The lowest BCUT2D eigenvalue weighted by atomic mass is 10.1. The van der Waals surface area contributed by atoms with Crippen molar-refractivity contribution in [2.45, 2.75) is 25.5 Å². The summed E-state index contributed by atoms with van der Waals surface area (Å²) in [6.45, 7) is 4.10. The smallest absolute Gasteiger partial charge is 0.244 e. The Labute approximate surface area is 222 Å². The van der Waals surface area contributed by atoms with Crippen molar-refractivity contribution in [3.8, 4) is 11.5 Å². The minimum atomic E-state index is -0.276. The Bertz CT molecular complexity index is 1270. The highest BCUT2D eigenvalue weighted by Crippen LogP contribution is 2.28. The molecule has 36 heavy (non-hydrogen) atoms. The number of hydrogen-bond acceptors (Lipinski definition) is 7. The Hall–Kier alpha value is -3.31. The van der Waals surface area contributed by atoms with E-state index in [0.29, 0.717) is 22.5 Å². The summed E-state index contributed by atoms with van der Waals surface area (Å²) in [5.74, 6) is 1.55. The predicted octanol–water partition coefficient (Wildman–Crippen LogP) is 4.27. The highest BCUT2D eigenvalue weighted by molar-refractivity contribution is 9.10. The Balaban J connectivity index is 1.52. The first-order chi connectivity index (χ1) is 17.2. The molecule has 0 aliphatic heterocycles. The van der Waals surface area contributed by atoms with Gasteiger partial charge < -0.3 is 24.7 Å². The van der Waals surface area contributed by atoms with Crippen molar-refractivity contribution in [1.82, 2.24) is 20.1 Å². The Morgan fingerprint density at radius 1 is 1.08 bits per heavy atom. The fraction of sp³-hybridized carbons (Fsp3) is 0.280. The molecule has 0 aliphatic carbocycles. The van der Waals surface area contributed by atoms with Crippen molar-refractivity contribution in [3.63, 3.8) is 0 Å². The van der Waals surface area contributed by atoms with Gasteiger partial charge in [-0.2, -0.15) is 0 Å². The highest BCUT2D eigenvalue weighted by Gasteiger charge is 2.14. The Morgan fingerprint density at radius 3 is 2.44 bits per heavy atom. The molecule has 3 aromatic rings. The van der Waals surface area contributed by atoms with Crippen LogP contribution in [0.2, 0.25) is 0 Å².